The van der Waals surface area contributed by atoms with Gasteiger partial charge in [-0.3, -0.25) is 19.1 Å². The van der Waals surface area contributed by atoms with Crippen molar-refractivity contribution in [3.8, 4) is 0 Å². The highest BCUT2D eigenvalue weighted by Crippen LogP contribution is 2.27. The van der Waals surface area contributed by atoms with Crippen LogP contribution >= 0.6 is 0 Å². The molecule has 3 atom stereocenters. The largest absolute Gasteiger partial charge is 0.390 e. The molecule has 120 valence electrons. The molecule has 1 saturated heterocycles. The lowest BCUT2D eigenvalue weighted by Gasteiger charge is -2.13. The summed E-state index contributed by atoms with van der Waals surface area (Å²) in [6.07, 6.45) is 1.41. The molecular formula is C13H18N4O5. The van der Waals surface area contributed by atoms with Gasteiger partial charge in [0.25, 0.3) is 5.56 Å². The minimum Gasteiger partial charge on any atom is -0.390 e. The average molecular weight is 311 g/mol. The zero-order valence-corrected chi connectivity index (χ0v) is 11.7. The van der Waals surface area contributed by atoms with Crippen molar-refractivity contribution in [2.24, 2.45) is 5.73 Å². The van der Waals surface area contributed by atoms with Crippen molar-refractivity contribution in [3.63, 3.8) is 0 Å². The van der Waals surface area contributed by atoms with Gasteiger partial charge in [-0.2, -0.15) is 0 Å². The molecule has 5 N–H and O–H groups in total. The smallest absolute Gasteiger partial charge is 0.330 e. The number of aliphatic hydroxyl groups is 1. The van der Waals surface area contributed by atoms with Crippen LogP contribution in [-0.2, 0) is 9.53 Å². The van der Waals surface area contributed by atoms with Crippen LogP contribution in [0.4, 0.5) is 0 Å². The van der Waals surface area contributed by atoms with Gasteiger partial charge in [-0.15, -0.1) is 0 Å². The average Bonchev–Trinajstić information content (AvgIpc) is 2.87. The maximum absolute atomic E-state index is 11.9. The van der Waals surface area contributed by atoms with Gasteiger partial charge in [0.2, 0.25) is 5.91 Å². The third-order valence-electron chi connectivity index (χ3n) is 3.20. The monoisotopic (exact) mass is 311 g/mol. The first-order valence-electron chi connectivity index (χ1n) is 7.31. The van der Waals surface area contributed by atoms with Crippen LogP contribution in [0.15, 0.2) is 21.9 Å². The molecule has 0 aromatic carbocycles. The van der Waals surface area contributed by atoms with Crippen molar-refractivity contribution in [2.45, 2.75) is 31.8 Å². The van der Waals surface area contributed by atoms with E-state index < -0.39 is 35.6 Å². The number of aromatic nitrogens is 2. The summed E-state index contributed by atoms with van der Waals surface area (Å²) in [6, 6.07) is 0. The first-order chi connectivity index (χ1) is 11.0. The van der Waals surface area contributed by atoms with Crippen LogP contribution in [0.1, 0.15) is 26.5 Å². The number of hydrogen-bond acceptors (Lipinski definition) is 6. The molecule has 1 aliphatic heterocycles. The highest BCUT2D eigenvalue weighted by atomic mass is 16.5. The zero-order chi connectivity index (χ0) is 17.0. The molecule has 0 aliphatic carbocycles. The fraction of sp³-hybridized carbons (Fsp3) is 0.462. The number of nitrogens with two attached hydrogens (primary N) is 1. The SMILES string of the molecule is [2H]C[C@H]1O[C@@H](n2cc(/C=C/C(=O)NCN)c(=O)[nH]c2=O)CC1O. The van der Waals surface area contributed by atoms with Crippen LogP contribution in [0.2, 0.25) is 0 Å². The van der Waals surface area contributed by atoms with Crippen molar-refractivity contribution >= 4 is 12.0 Å². The summed E-state index contributed by atoms with van der Waals surface area (Å²) in [5.74, 6) is -0.480. The van der Waals surface area contributed by atoms with Crippen LogP contribution in [-0.4, -0.2) is 39.4 Å². The van der Waals surface area contributed by atoms with E-state index in [1.165, 1.54) is 12.3 Å². The third-order valence-corrected chi connectivity index (χ3v) is 3.20. The van der Waals surface area contributed by atoms with E-state index in [2.05, 4.69) is 10.3 Å². The van der Waals surface area contributed by atoms with E-state index in [4.69, 9.17) is 11.8 Å². The fourth-order valence-electron chi connectivity index (χ4n) is 2.04. The Morgan fingerprint density at radius 2 is 2.50 bits per heavy atom. The summed E-state index contributed by atoms with van der Waals surface area (Å²) in [6.45, 7) is -0.177. The van der Waals surface area contributed by atoms with E-state index in [9.17, 15) is 19.5 Å². The molecule has 0 bridgehead atoms. The lowest BCUT2D eigenvalue weighted by Crippen LogP contribution is -2.33. The number of ether oxygens (including phenoxy) is 1. The number of aromatic amines is 1. The highest BCUT2D eigenvalue weighted by molar-refractivity contribution is 5.91. The van der Waals surface area contributed by atoms with E-state index in [0.29, 0.717) is 0 Å². The summed E-state index contributed by atoms with van der Waals surface area (Å²) < 4.78 is 13.8. The van der Waals surface area contributed by atoms with Crippen molar-refractivity contribution in [1.82, 2.24) is 14.9 Å². The Labute approximate surface area is 126 Å². The van der Waals surface area contributed by atoms with Crippen LogP contribution in [0, 0.1) is 0 Å². The maximum atomic E-state index is 11.9. The summed E-state index contributed by atoms with van der Waals surface area (Å²) >= 11 is 0. The first kappa shape index (κ1) is 14.7. The lowest BCUT2D eigenvalue weighted by atomic mass is 10.2. The number of amides is 1. The Balaban J connectivity index is 2.29. The molecular weight excluding hydrogens is 292 g/mol. The molecule has 0 spiro atoms. The van der Waals surface area contributed by atoms with Crippen LogP contribution in [0.3, 0.4) is 0 Å². The normalized spacial score (nSPS) is 25.4. The van der Waals surface area contributed by atoms with Gasteiger partial charge in [0, 0.05) is 20.1 Å². The molecule has 1 unspecified atom stereocenters. The molecule has 1 fully saturated rings. The van der Waals surface area contributed by atoms with Gasteiger partial charge < -0.3 is 20.9 Å². The van der Waals surface area contributed by atoms with E-state index in [-0.39, 0.29) is 25.6 Å². The Bertz CT molecular complexity index is 713. The first-order valence-corrected chi connectivity index (χ1v) is 6.60. The Hall–Kier alpha value is -2.23. The molecule has 1 aliphatic rings. The molecule has 1 amide bonds. The number of carbonyl (C=O) groups excluding carboxylic acids is 1. The van der Waals surface area contributed by atoms with Crippen LogP contribution in [0.25, 0.3) is 6.08 Å². The second-order valence-electron chi connectivity index (χ2n) is 4.76. The van der Waals surface area contributed by atoms with E-state index in [0.717, 1.165) is 10.6 Å². The number of hydrogen-bond donors (Lipinski definition) is 4. The summed E-state index contributed by atoms with van der Waals surface area (Å²) in [5.41, 5.74) is 3.89. The number of aliphatic hydroxyl groups excluding tert-OH is 1. The third kappa shape index (κ3) is 3.50. The number of nitrogens with one attached hydrogen (secondary N) is 2. The minimum atomic E-state index is -0.856. The summed E-state index contributed by atoms with van der Waals surface area (Å²) in [5, 5.41) is 12.1. The van der Waals surface area contributed by atoms with E-state index in [1.807, 2.05) is 0 Å². The Kier molecular flexibility index (Phi) is 4.47. The van der Waals surface area contributed by atoms with Gasteiger partial charge in [0.1, 0.15) is 6.23 Å². The molecule has 1 aromatic rings. The fourth-order valence-corrected chi connectivity index (χ4v) is 2.04. The summed E-state index contributed by atoms with van der Waals surface area (Å²) in [7, 11) is 0. The van der Waals surface area contributed by atoms with Crippen molar-refractivity contribution < 1.29 is 16.0 Å². The topological polar surface area (TPSA) is 139 Å². The van der Waals surface area contributed by atoms with Crippen molar-refractivity contribution in [1.29, 1.82) is 0 Å². The van der Waals surface area contributed by atoms with E-state index in [1.54, 1.807) is 0 Å². The molecule has 2 rings (SSSR count). The standard InChI is InChI=1S/C13H18N4O5/c1-7-9(18)4-11(22-7)17-5-8(12(20)16-13(17)21)2-3-10(19)15-6-14/h2-3,5,7,9,11,18H,4,6,14H2,1H3,(H,15,19)(H,16,20,21)/b3-2+/t7-,9?,11-/m1/s1/i1D. The van der Waals surface area contributed by atoms with Gasteiger partial charge in [-0.05, 0) is 13.0 Å². The molecule has 9 heteroatoms. The van der Waals surface area contributed by atoms with Gasteiger partial charge in [-0.1, -0.05) is 0 Å². The summed E-state index contributed by atoms with van der Waals surface area (Å²) in [4.78, 5) is 37.1. The quantitative estimate of drug-likeness (QED) is 0.384. The maximum Gasteiger partial charge on any atom is 0.330 e. The molecule has 1 aromatic heterocycles. The van der Waals surface area contributed by atoms with Crippen LogP contribution in [0.5, 0.6) is 0 Å². The van der Waals surface area contributed by atoms with Gasteiger partial charge in [0.15, 0.2) is 0 Å². The van der Waals surface area contributed by atoms with Gasteiger partial charge in [-0.25, -0.2) is 4.79 Å². The van der Waals surface area contributed by atoms with Crippen molar-refractivity contribution in [2.75, 3.05) is 6.67 Å². The predicted octanol–water partition coefficient (Wildman–Crippen LogP) is -1.75. The predicted molar refractivity (Wildman–Crippen MR) is 77.8 cm³/mol. The number of rotatable bonds is 4. The Morgan fingerprint density at radius 1 is 1.73 bits per heavy atom. The number of nitrogens with zero attached hydrogens (tertiary/aromatic N) is 1. The molecule has 0 saturated carbocycles. The second-order valence-corrected chi connectivity index (χ2v) is 4.76. The second kappa shape index (κ2) is 6.69. The number of carbonyl (C=O) groups is 1. The van der Waals surface area contributed by atoms with E-state index >= 15 is 0 Å². The van der Waals surface area contributed by atoms with Gasteiger partial charge >= 0.3 is 5.69 Å². The minimum absolute atomic E-state index is 0.0403. The van der Waals surface area contributed by atoms with Crippen molar-refractivity contribution in [3.05, 3.63) is 38.7 Å². The van der Waals surface area contributed by atoms with Gasteiger partial charge in [0.05, 0.1) is 24.4 Å². The molecule has 9 nitrogen and oxygen atoms in total. The zero-order valence-electron chi connectivity index (χ0n) is 12.7. The highest BCUT2D eigenvalue weighted by Gasteiger charge is 2.32. The number of H-pyrrole nitrogens is 1. The molecule has 22 heavy (non-hydrogen) atoms. The molecule has 0 radical (unpaired) electrons. The molecule has 2 heterocycles. The Morgan fingerprint density at radius 3 is 3.14 bits per heavy atom. The van der Waals surface area contributed by atoms with Crippen LogP contribution < -0.4 is 22.3 Å². The lowest BCUT2D eigenvalue weighted by molar-refractivity contribution is -0.116.